The number of phenolic OH excluding ortho intramolecular Hbond substituents is 1. The van der Waals surface area contributed by atoms with Crippen LogP contribution in [-0.2, 0) is 6.42 Å². The van der Waals surface area contributed by atoms with E-state index >= 15 is 0 Å². The van der Waals surface area contributed by atoms with Gasteiger partial charge in [0.1, 0.15) is 17.0 Å². The van der Waals surface area contributed by atoms with Crippen molar-refractivity contribution in [3.8, 4) is 17.2 Å². The van der Waals surface area contributed by atoms with E-state index in [1.165, 1.54) is 108 Å². The Bertz CT molecular complexity index is 1010. The van der Waals surface area contributed by atoms with Crippen LogP contribution in [0.25, 0.3) is 22.6 Å². The number of unbranched alkanes of at least 4 members (excludes halogenated alkanes) is 15. The van der Waals surface area contributed by atoms with Crippen molar-refractivity contribution in [2.24, 2.45) is 0 Å². The number of aryl methyl sites for hydroxylation is 1. The molecule has 186 valence electrons. The summed E-state index contributed by atoms with van der Waals surface area (Å²) < 4.78 is 5.78. The summed E-state index contributed by atoms with van der Waals surface area (Å²) in [5.74, 6) is 0.696. The van der Waals surface area contributed by atoms with Crippen LogP contribution >= 0.6 is 0 Å². The molecule has 3 rings (SSSR count). The minimum absolute atomic E-state index is 0.110. The average molecular weight is 466 g/mol. The number of phenols is 1. The minimum Gasteiger partial charge on any atom is -0.508 e. The molecule has 0 amide bonds. The quantitative estimate of drug-likeness (QED) is 0.160. The fourth-order valence-electron chi connectivity index (χ4n) is 4.75. The van der Waals surface area contributed by atoms with Gasteiger partial charge in [-0.15, -0.1) is 0 Å². The summed E-state index contributed by atoms with van der Waals surface area (Å²) in [6.07, 6.45) is 22.5. The summed E-state index contributed by atoms with van der Waals surface area (Å²) in [4.78, 5) is 16.1. The van der Waals surface area contributed by atoms with Crippen LogP contribution in [0, 0.1) is 0 Å². The topological polar surface area (TPSA) is 63.3 Å². The Hall–Kier alpha value is -2.36. The molecular weight excluding hydrogens is 422 g/mol. The number of hydrogen-bond donors (Lipinski definition) is 1. The van der Waals surface area contributed by atoms with Crippen LogP contribution < -0.4 is 5.43 Å². The number of rotatable bonds is 17. The van der Waals surface area contributed by atoms with E-state index in [1.54, 1.807) is 12.1 Å². The summed E-state index contributed by atoms with van der Waals surface area (Å²) >= 11 is 0. The molecule has 0 radical (unpaired) electrons. The van der Waals surface area contributed by atoms with Crippen molar-refractivity contribution in [2.45, 2.75) is 116 Å². The zero-order valence-corrected chi connectivity index (χ0v) is 21.1. The first-order valence-corrected chi connectivity index (χ1v) is 13.7. The second-order valence-electron chi connectivity index (χ2n) is 9.85. The number of aromatic hydroxyl groups is 1. The summed E-state index contributed by atoms with van der Waals surface area (Å²) in [5, 5.41) is 10.4. The number of aromatic nitrogens is 1. The van der Waals surface area contributed by atoms with E-state index in [1.807, 2.05) is 6.07 Å². The molecule has 1 aromatic rings. The molecule has 1 aliphatic carbocycles. The van der Waals surface area contributed by atoms with E-state index in [2.05, 4.69) is 11.9 Å². The third-order valence-corrected chi connectivity index (χ3v) is 6.85. The van der Waals surface area contributed by atoms with Gasteiger partial charge in [0.15, 0.2) is 16.8 Å². The first-order valence-electron chi connectivity index (χ1n) is 13.7. The molecule has 0 aromatic heterocycles. The van der Waals surface area contributed by atoms with Crippen LogP contribution in [-0.4, -0.2) is 10.1 Å². The van der Waals surface area contributed by atoms with Gasteiger partial charge in [-0.1, -0.05) is 103 Å². The van der Waals surface area contributed by atoms with Crippen LogP contribution in [0.1, 0.15) is 115 Å². The Kier molecular flexibility index (Phi) is 11.4. The lowest BCUT2D eigenvalue weighted by Gasteiger charge is -2.09. The maximum Gasteiger partial charge on any atom is 0.182 e. The van der Waals surface area contributed by atoms with Gasteiger partial charge in [-0.3, -0.25) is 4.79 Å². The number of benzene rings is 2. The molecule has 0 unspecified atom stereocenters. The van der Waals surface area contributed by atoms with Crippen LogP contribution in [0.2, 0.25) is 0 Å². The highest BCUT2D eigenvalue weighted by Crippen LogP contribution is 2.29. The van der Waals surface area contributed by atoms with Crippen molar-refractivity contribution in [3.63, 3.8) is 0 Å². The molecular formula is C30H43NO3. The van der Waals surface area contributed by atoms with Crippen molar-refractivity contribution in [1.82, 2.24) is 4.98 Å². The number of hydrogen-bond acceptors (Lipinski definition) is 4. The molecule has 1 heterocycles. The molecule has 4 nitrogen and oxygen atoms in total. The van der Waals surface area contributed by atoms with Gasteiger partial charge in [-0.2, -0.15) is 0 Å². The SMILES string of the molecule is CCCCCCCCCCCCCCCCCCc1cc2nc3ccc(=O)cc-3oc2cc1O. The van der Waals surface area contributed by atoms with Crippen molar-refractivity contribution < 1.29 is 9.52 Å². The zero-order chi connectivity index (χ0) is 24.0. The number of nitrogens with zero attached hydrogens (tertiary/aromatic N) is 1. The number of fused-ring (bicyclic) bond motifs is 2. The van der Waals surface area contributed by atoms with Crippen molar-refractivity contribution >= 4 is 11.1 Å². The third kappa shape index (κ3) is 8.77. The first kappa shape index (κ1) is 26.2. The molecule has 0 fully saturated rings. The Morgan fingerprint density at radius 1 is 0.735 bits per heavy atom. The van der Waals surface area contributed by atoms with Crippen LogP contribution in [0.15, 0.2) is 39.5 Å². The van der Waals surface area contributed by atoms with E-state index < -0.39 is 0 Å². The Morgan fingerprint density at radius 2 is 1.29 bits per heavy atom. The van der Waals surface area contributed by atoms with Crippen LogP contribution in [0.4, 0.5) is 0 Å². The fraction of sp³-hybridized carbons (Fsp3) is 0.600. The monoisotopic (exact) mass is 465 g/mol. The average Bonchev–Trinajstić information content (AvgIpc) is 2.83. The van der Waals surface area contributed by atoms with Gasteiger partial charge in [0, 0.05) is 12.1 Å². The summed E-state index contributed by atoms with van der Waals surface area (Å²) in [6.45, 7) is 2.28. The van der Waals surface area contributed by atoms with Crippen molar-refractivity contribution in [2.75, 3.05) is 0 Å². The molecule has 0 atom stereocenters. The molecule has 34 heavy (non-hydrogen) atoms. The summed E-state index contributed by atoms with van der Waals surface area (Å²) in [7, 11) is 0. The predicted octanol–water partition coefficient (Wildman–Crippen LogP) is 8.80. The summed E-state index contributed by atoms with van der Waals surface area (Å²) in [6, 6.07) is 8.16. The van der Waals surface area contributed by atoms with Gasteiger partial charge >= 0.3 is 0 Å². The van der Waals surface area contributed by atoms with Gasteiger partial charge in [-0.25, -0.2) is 4.98 Å². The van der Waals surface area contributed by atoms with Gasteiger partial charge in [0.2, 0.25) is 0 Å². The second kappa shape index (κ2) is 14.8. The molecule has 1 aromatic carbocycles. The van der Waals surface area contributed by atoms with E-state index in [0.717, 1.165) is 23.9 Å². The molecule has 4 heteroatoms. The van der Waals surface area contributed by atoms with Crippen LogP contribution in [0.5, 0.6) is 5.75 Å². The Morgan fingerprint density at radius 3 is 1.88 bits per heavy atom. The first-order chi connectivity index (χ1) is 16.7. The third-order valence-electron chi connectivity index (χ3n) is 6.85. The van der Waals surface area contributed by atoms with E-state index in [9.17, 15) is 9.90 Å². The van der Waals surface area contributed by atoms with E-state index in [-0.39, 0.29) is 11.2 Å². The maximum absolute atomic E-state index is 11.5. The highest BCUT2D eigenvalue weighted by atomic mass is 16.3. The van der Waals surface area contributed by atoms with Gasteiger partial charge < -0.3 is 9.52 Å². The molecule has 0 bridgehead atoms. The lowest BCUT2D eigenvalue weighted by atomic mass is 10.0. The fourth-order valence-corrected chi connectivity index (χ4v) is 4.75. The van der Waals surface area contributed by atoms with E-state index in [4.69, 9.17) is 4.42 Å². The lowest BCUT2D eigenvalue weighted by molar-refractivity contribution is 0.464. The predicted molar refractivity (Wildman–Crippen MR) is 142 cm³/mol. The molecule has 0 saturated heterocycles. The molecule has 1 aliphatic heterocycles. The van der Waals surface area contributed by atoms with Gasteiger partial charge in [0.25, 0.3) is 0 Å². The van der Waals surface area contributed by atoms with Crippen molar-refractivity contribution in [1.29, 1.82) is 0 Å². The summed E-state index contributed by atoms with van der Waals surface area (Å²) in [5.41, 5.74) is 2.69. The standard InChI is InChI=1S/C30H43NO3/c1-2-3-4-5-6-7-8-9-10-11-12-13-14-15-16-17-18-24-21-27-30(23-28(24)33)34-29-22-25(32)19-20-26(29)31-27/h19-23,33H,2-18H2,1H3. The van der Waals surface area contributed by atoms with E-state index in [0.29, 0.717) is 17.0 Å². The smallest absolute Gasteiger partial charge is 0.182 e. The van der Waals surface area contributed by atoms with Crippen molar-refractivity contribution in [3.05, 3.63) is 46.1 Å². The molecule has 1 N–H and O–H groups in total. The highest BCUT2D eigenvalue weighted by Gasteiger charge is 2.12. The zero-order valence-electron chi connectivity index (χ0n) is 21.1. The normalized spacial score (nSPS) is 11.6. The highest BCUT2D eigenvalue weighted by molar-refractivity contribution is 5.78. The minimum atomic E-state index is -0.110. The van der Waals surface area contributed by atoms with Gasteiger partial charge in [-0.05, 0) is 36.6 Å². The molecule has 2 aliphatic rings. The van der Waals surface area contributed by atoms with Crippen LogP contribution in [0.3, 0.4) is 0 Å². The second-order valence-corrected chi connectivity index (χ2v) is 9.85. The maximum atomic E-state index is 11.5. The largest absolute Gasteiger partial charge is 0.508 e. The molecule has 0 spiro atoms. The lowest BCUT2D eigenvalue weighted by Crippen LogP contribution is -1.99. The Labute approximate surface area is 205 Å². The Balaban J connectivity index is 1.26. The van der Waals surface area contributed by atoms with Gasteiger partial charge in [0.05, 0.1) is 0 Å². The molecule has 0 saturated carbocycles.